The SMILES string of the molecule is N=C(N)c1ccc(NC(=O)C2CCC(N)CC2)cc1. The zero-order valence-electron chi connectivity index (χ0n) is 10.9. The van der Waals surface area contributed by atoms with Crippen molar-refractivity contribution < 1.29 is 4.79 Å². The molecule has 0 bridgehead atoms. The zero-order chi connectivity index (χ0) is 13.8. The molecule has 1 aliphatic carbocycles. The van der Waals surface area contributed by atoms with Gasteiger partial charge in [-0.05, 0) is 49.9 Å². The van der Waals surface area contributed by atoms with Crippen LogP contribution in [0.15, 0.2) is 24.3 Å². The summed E-state index contributed by atoms with van der Waals surface area (Å²) >= 11 is 0. The first-order valence-corrected chi connectivity index (χ1v) is 6.57. The molecule has 5 nitrogen and oxygen atoms in total. The van der Waals surface area contributed by atoms with Gasteiger partial charge < -0.3 is 16.8 Å². The number of hydrogen-bond donors (Lipinski definition) is 4. The predicted octanol–water partition coefficient (Wildman–Crippen LogP) is 1.43. The lowest BCUT2D eigenvalue weighted by Gasteiger charge is -2.25. The molecule has 0 aromatic heterocycles. The molecule has 5 heteroatoms. The molecule has 1 aromatic rings. The standard InChI is InChI=1S/C14H20N4O/c15-11-5-1-10(2-6-11)14(19)18-12-7-3-9(4-8-12)13(16)17/h3-4,7-8,10-11H,1-2,5-6,15H2,(H3,16,17)(H,18,19). The van der Waals surface area contributed by atoms with Crippen molar-refractivity contribution in [1.29, 1.82) is 5.41 Å². The zero-order valence-corrected chi connectivity index (χ0v) is 10.9. The number of benzene rings is 1. The number of nitrogens with two attached hydrogens (primary N) is 2. The maximum atomic E-state index is 12.1. The Labute approximate surface area is 112 Å². The minimum absolute atomic E-state index is 0.0270. The number of carbonyl (C=O) groups excluding carboxylic acids is 1. The third-order valence-corrected chi connectivity index (χ3v) is 3.61. The highest BCUT2D eigenvalue weighted by molar-refractivity contribution is 5.96. The van der Waals surface area contributed by atoms with E-state index in [9.17, 15) is 4.79 Å². The van der Waals surface area contributed by atoms with E-state index in [1.807, 2.05) is 0 Å². The van der Waals surface area contributed by atoms with Crippen LogP contribution >= 0.6 is 0 Å². The molecular weight excluding hydrogens is 240 g/mol. The lowest BCUT2D eigenvalue weighted by molar-refractivity contribution is -0.120. The van der Waals surface area contributed by atoms with Gasteiger partial charge in [0.05, 0.1) is 0 Å². The molecule has 102 valence electrons. The topological polar surface area (TPSA) is 105 Å². The van der Waals surface area contributed by atoms with Gasteiger partial charge in [0.2, 0.25) is 5.91 Å². The van der Waals surface area contributed by atoms with Crippen LogP contribution in [0.3, 0.4) is 0 Å². The lowest BCUT2D eigenvalue weighted by atomic mass is 9.86. The number of amides is 1. The third-order valence-electron chi connectivity index (χ3n) is 3.61. The van der Waals surface area contributed by atoms with Crippen LogP contribution in [0.25, 0.3) is 0 Å². The molecule has 1 fully saturated rings. The Kier molecular flexibility index (Phi) is 4.16. The van der Waals surface area contributed by atoms with E-state index in [0.29, 0.717) is 5.56 Å². The van der Waals surface area contributed by atoms with Gasteiger partial charge in [-0.15, -0.1) is 0 Å². The van der Waals surface area contributed by atoms with E-state index < -0.39 is 0 Å². The van der Waals surface area contributed by atoms with Crippen molar-refractivity contribution >= 4 is 17.4 Å². The number of hydrogen-bond acceptors (Lipinski definition) is 3. The average Bonchev–Trinajstić information content (AvgIpc) is 2.40. The first-order chi connectivity index (χ1) is 9.06. The fourth-order valence-electron chi connectivity index (χ4n) is 2.36. The fourth-order valence-corrected chi connectivity index (χ4v) is 2.36. The highest BCUT2D eigenvalue weighted by Crippen LogP contribution is 2.24. The van der Waals surface area contributed by atoms with Gasteiger partial charge in [0, 0.05) is 23.2 Å². The van der Waals surface area contributed by atoms with E-state index in [-0.39, 0.29) is 23.7 Å². The van der Waals surface area contributed by atoms with Crippen LogP contribution < -0.4 is 16.8 Å². The summed E-state index contributed by atoms with van der Waals surface area (Å²) in [5.74, 6) is 0.147. The Hall–Kier alpha value is -1.88. The molecule has 0 spiro atoms. The molecule has 0 heterocycles. The minimum atomic E-state index is 0.0270. The summed E-state index contributed by atoms with van der Waals surface area (Å²) in [6, 6.07) is 7.24. The summed E-state index contributed by atoms with van der Waals surface area (Å²) in [6.45, 7) is 0. The van der Waals surface area contributed by atoms with Crippen molar-refractivity contribution in [1.82, 2.24) is 0 Å². The van der Waals surface area contributed by atoms with E-state index >= 15 is 0 Å². The summed E-state index contributed by atoms with van der Waals surface area (Å²) < 4.78 is 0. The second-order valence-electron chi connectivity index (χ2n) is 5.09. The molecule has 6 N–H and O–H groups in total. The molecule has 0 radical (unpaired) electrons. The van der Waals surface area contributed by atoms with Crippen LogP contribution in [0, 0.1) is 11.3 Å². The van der Waals surface area contributed by atoms with Crippen molar-refractivity contribution in [2.75, 3.05) is 5.32 Å². The average molecular weight is 260 g/mol. The van der Waals surface area contributed by atoms with Crippen molar-refractivity contribution in [2.45, 2.75) is 31.7 Å². The largest absolute Gasteiger partial charge is 0.384 e. The fraction of sp³-hybridized carbons (Fsp3) is 0.429. The predicted molar refractivity (Wildman–Crippen MR) is 76.0 cm³/mol. The van der Waals surface area contributed by atoms with E-state index in [1.165, 1.54) is 0 Å². The molecular formula is C14H20N4O. The van der Waals surface area contributed by atoms with Crippen LogP contribution in [0.1, 0.15) is 31.2 Å². The maximum Gasteiger partial charge on any atom is 0.227 e. The maximum absolute atomic E-state index is 12.1. The van der Waals surface area contributed by atoms with Gasteiger partial charge >= 0.3 is 0 Å². The van der Waals surface area contributed by atoms with Crippen molar-refractivity contribution in [2.24, 2.45) is 17.4 Å². The molecule has 0 atom stereocenters. The second-order valence-corrected chi connectivity index (χ2v) is 5.09. The van der Waals surface area contributed by atoms with Gasteiger partial charge in [0.25, 0.3) is 0 Å². The van der Waals surface area contributed by atoms with Gasteiger partial charge in [0.1, 0.15) is 5.84 Å². The Balaban J connectivity index is 1.93. The number of nitrogen functional groups attached to an aromatic ring is 1. The van der Waals surface area contributed by atoms with Gasteiger partial charge in [-0.25, -0.2) is 0 Å². The van der Waals surface area contributed by atoms with Gasteiger partial charge in [0.15, 0.2) is 0 Å². The summed E-state index contributed by atoms with van der Waals surface area (Å²) in [6.07, 6.45) is 3.56. The molecule has 1 amide bonds. The Morgan fingerprint density at radius 3 is 2.26 bits per heavy atom. The van der Waals surface area contributed by atoms with Crippen LogP contribution in [0.4, 0.5) is 5.69 Å². The first-order valence-electron chi connectivity index (χ1n) is 6.57. The third kappa shape index (κ3) is 3.54. The van der Waals surface area contributed by atoms with Gasteiger partial charge in [-0.1, -0.05) is 0 Å². The van der Waals surface area contributed by atoms with Crippen LogP contribution in [-0.2, 0) is 4.79 Å². The summed E-state index contributed by atoms with van der Waals surface area (Å²) in [5, 5.41) is 10.2. The Morgan fingerprint density at radius 2 is 1.74 bits per heavy atom. The monoisotopic (exact) mass is 260 g/mol. The smallest absolute Gasteiger partial charge is 0.227 e. The summed E-state index contributed by atoms with van der Waals surface area (Å²) in [4.78, 5) is 12.1. The van der Waals surface area contributed by atoms with Crippen LogP contribution in [0.2, 0.25) is 0 Å². The van der Waals surface area contributed by atoms with E-state index in [0.717, 1.165) is 31.4 Å². The molecule has 0 aliphatic heterocycles. The van der Waals surface area contributed by atoms with Gasteiger partial charge in [-0.3, -0.25) is 10.2 Å². The lowest BCUT2D eigenvalue weighted by Crippen LogP contribution is -2.32. The number of nitrogens with one attached hydrogen (secondary N) is 2. The van der Waals surface area contributed by atoms with Crippen molar-refractivity contribution in [3.63, 3.8) is 0 Å². The number of rotatable bonds is 3. The number of carbonyl (C=O) groups is 1. The van der Waals surface area contributed by atoms with E-state index in [2.05, 4.69) is 5.32 Å². The second kappa shape index (κ2) is 5.84. The Morgan fingerprint density at radius 1 is 1.16 bits per heavy atom. The minimum Gasteiger partial charge on any atom is -0.384 e. The van der Waals surface area contributed by atoms with Crippen molar-refractivity contribution in [3.05, 3.63) is 29.8 Å². The summed E-state index contributed by atoms with van der Waals surface area (Å²) in [7, 11) is 0. The highest BCUT2D eigenvalue weighted by atomic mass is 16.1. The van der Waals surface area contributed by atoms with Crippen molar-refractivity contribution in [3.8, 4) is 0 Å². The molecule has 1 aromatic carbocycles. The molecule has 2 rings (SSSR count). The molecule has 19 heavy (non-hydrogen) atoms. The number of amidine groups is 1. The quantitative estimate of drug-likeness (QED) is 0.488. The molecule has 1 aliphatic rings. The van der Waals surface area contributed by atoms with E-state index in [4.69, 9.17) is 16.9 Å². The molecule has 1 saturated carbocycles. The van der Waals surface area contributed by atoms with E-state index in [1.54, 1.807) is 24.3 Å². The Bertz CT molecular complexity index is 461. The number of anilines is 1. The first kappa shape index (κ1) is 13.5. The summed E-state index contributed by atoms with van der Waals surface area (Å²) in [5.41, 5.74) is 12.6. The van der Waals surface area contributed by atoms with Gasteiger partial charge in [-0.2, -0.15) is 0 Å². The van der Waals surface area contributed by atoms with Crippen LogP contribution in [0.5, 0.6) is 0 Å². The van der Waals surface area contributed by atoms with Crippen LogP contribution in [-0.4, -0.2) is 17.8 Å². The molecule has 0 saturated heterocycles. The molecule has 0 unspecified atom stereocenters. The highest BCUT2D eigenvalue weighted by Gasteiger charge is 2.24. The normalized spacial score (nSPS) is 22.8.